The van der Waals surface area contributed by atoms with Crippen molar-refractivity contribution in [2.24, 2.45) is 0 Å². The number of halogens is 2. The summed E-state index contributed by atoms with van der Waals surface area (Å²) in [4.78, 5) is 14.9. The molecule has 0 radical (unpaired) electrons. The van der Waals surface area contributed by atoms with Crippen LogP contribution >= 0.6 is 24.8 Å². The summed E-state index contributed by atoms with van der Waals surface area (Å²) in [5, 5.41) is 12.3. The van der Waals surface area contributed by atoms with E-state index < -0.39 is 0 Å². The molecule has 4 aromatic rings. The van der Waals surface area contributed by atoms with Crippen LogP contribution in [0.3, 0.4) is 0 Å². The van der Waals surface area contributed by atoms with E-state index in [4.69, 9.17) is 4.74 Å². The molecule has 9 heteroatoms. The minimum atomic E-state index is -0.280. The molecule has 7 nitrogen and oxygen atoms in total. The number of hydrogen-bond acceptors (Lipinski definition) is 5. The summed E-state index contributed by atoms with van der Waals surface area (Å²) in [7, 11) is 0. The van der Waals surface area contributed by atoms with Crippen molar-refractivity contribution in [1.82, 2.24) is 25.2 Å². The maximum absolute atomic E-state index is 13.1. The Morgan fingerprint density at radius 2 is 1.58 bits per heavy atom. The van der Waals surface area contributed by atoms with Crippen molar-refractivity contribution in [1.29, 1.82) is 0 Å². The number of hydrogen-bond donors (Lipinski definition) is 1. The molecule has 2 heterocycles. The fraction of sp³-hybridized carbons (Fsp3) is 0.276. The van der Waals surface area contributed by atoms with Gasteiger partial charge in [-0.2, -0.15) is 0 Å². The van der Waals surface area contributed by atoms with Crippen LogP contribution in [0.2, 0.25) is 0 Å². The molecule has 0 spiro atoms. The Labute approximate surface area is 235 Å². The van der Waals surface area contributed by atoms with Gasteiger partial charge in [0.05, 0.1) is 18.3 Å². The first-order valence-corrected chi connectivity index (χ1v) is 12.5. The van der Waals surface area contributed by atoms with Crippen LogP contribution in [0, 0.1) is 6.92 Å². The molecule has 1 fully saturated rings. The third-order valence-corrected chi connectivity index (χ3v) is 7.29. The second-order valence-corrected chi connectivity index (χ2v) is 9.46. The summed E-state index contributed by atoms with van der Waals surface area (Å²) in [5.41, 5.74) is 7.95. The first-order chi connectivity index (χ1) is 17.7. The molecule has 1 aromatic heterocycles. The van der Waals surface area contributed by atoms with Crippen LogP contribution < -0.4 is 5.32 Å². The van der Waals surface area contributed by atoms with E-state index in [0.29, 0.717) is 32.8 Å². The normalized spacial score (nSPS) is 16.1. The number of amides is 1. The van der Waals surface area contributed by atoms with E-state index in [1.165, 1.54) is 27.8 Å². The second-order valence-electron chi connectivity index (χ2n) is 9.46. The van der Waals surface area contributed by atoms with Gasteiger partial charge in [-0.1, -0.05) is 84.1 Å². The highest BCUT2D eigenvalue weighted by Crippen LogP contribution is 2.44. The summed E-state index contributed by atoms with van der Waals surface area (Å²) in [6.07, 6.45) is -0.280. The number of fused-ring (bicyclic) bond motifs is 3. The van der Waals surface area contributed by atoms with Crippen LogP contribution in [0.15, 0.2) is 78.9 Å². The van der Waals surface area contributed by atoms with Crippen molar-refractivity contribution in [2.75, 3.05) is 26.2 Å². The molecule has 2 aliphatic rings. The summed E-state index contributed by atoms with van der Waals surface area (Å²) >= 11 is 0. The lowest BCUT2D eigenvalue weighted by atomic mass is 9.98. The molecular formula is C29H31Cl2N5O2. The van der Waals surface area contributed by atoms with Gasteiger partial charge in [0.15, 0.2) is 0 Å². The number of ether oxygens (including phenoxy) is 1. The third-order valence-electron chi connectivity index (χ3n) is 7.29. The van der Waals surface area contributed by atoms with Crippen LogP contribution in [0.25, 0.3) is 11.1 Å². The van der Waals surface area contributed by atoms with Crippen molar-refractivity contribution in [3.05, 3.63) is 107 Å². The fourth-order valence-corrected chi connectivity index (χ4v) is 5.39. The molecule has 1 N–H and O–H groups in total. The van der Waals surface area contributed by atoms with Gasteiger partial charge >= 0.3 is 6.09 Å². The lowest BCUT2D eigenvalue weighted by Crippen LogP contribution is -2.49. The van der Waals surface area contributed by atoms with Crippen molar-refractivity contribution in [3.8, 4) is 11.1 Å². The van der Waals surface area contributed by atoms with Gasteiger partial charge in [-0.05, 0) is 34.7 Å². The number of piperazine rings is 1. The summed E-state index contributed by atoms with van der Waals surface area (Å²) in [6, 6.07) is 26.9. The van der Waals surface area contributed by atoms with Gasteiger partial charge in [-0.3, -0.25) is 0 Å². The van der Waals surface area contributed by atoms with E-state index in [1.807, 2.05) is 41.9 Å². The highest BCUT2D eigenvalue weighted by molar-refractivity contribution is 5.85. The fourth-order valence-electron chi connectivity index (χ4n) is 5.39. The van der Waals surface area contributed by atoms with E-state index in [1.54, 1.807) is 4.90 Å². The first kappa shape index (κ1) is 27.6. The zero-order chi connectivity index (χ0) is 24.5. The molecule has 1 aliphatic heterocycles. The zero-order valence-electron chi connectivity index (χ0n) is 21.1. The van der Waals surface area contributed by atoms with Crippen LogP contribution in [0.1, 0.15) is 40.0 Å². The van der Waals surface area contributed by atoms with E-state index in [2.05, 4.69) is 64.2 Å². The second kappa shape index (κ2) is 12.0. The average Bonchev–Trinajstić information content (AvgIpc) is 3.45. The number of aromatic nitrogens is 3. The largest absolute Gasteiger partial charge is 0.448 e. The highest BCUT2D eigenvalue weighted by Gasteiger charge is 2.32. The molecule has 1 amide bonds. The highest BCUT2D eigenvalue weighted by atomic mass is 35.5. The van der Waals surface area contributed by atoms with Crippen LogP contribution in [-0.4, -0.2) is 52.2 Å². The van der Waals surface area contributed by atoms with E-state index in [-0.39, 0.29) is 42.9 Å². The Hall–Kier alpha value is -3.39. The Kier molecular flexibility index (Phi) is 8.72. The van der Waals surface area contributed by atoms with E-state index in [0.717, 1.165) is 11.4 Å². The van der Waals surface area contributed by atoms with Crippen molar-refractivity contribution >= 4 is 30.9 Å². The molecule has 0 bridgehead atoms. The summed E-state index contributed by atoms with van der Waals surface area (Å²) in [5.74, 6) is 0.0557. The minimum absolute atomic E-state index is 0. The quantitative estimate of drug-likeness (QED) is 0.360. The summed E-state index contributed by atoms with van der Waals surface area (Å²) < 4.78 is 7.81. The van der Waals surface area contributed by atoms with Gasteiger partial charge in [0, 0.05) is 25.6 Å². The van der Waals surface area contributed by atoms with Crippen molar-refractivity contribution in [3.63, 3.8) is 0 Å². The SMILES string of the molecule is Cc1c(C2CN(C(=O)OCC3c4ccccc4-c4ccccc43)CCN2)nnn1Cc1ccccc1.Cl.Cl. The van der Waals surface area contributed by atoms with Gasteiger partial charge in [-0.25, -0.2) is 9.48 Å². The lowest BCUT2D eigenvalue weighted by Gasteiger charge is -2.32. The molecule has 1 atom stereocenters. The maximum Gasteiger partial charge on any atom is 0.409 e. The predicted molar refractivity (Wildman–Crippen MR) is 152 cm³/mol. The summed E-state index contributed by atoms with van der Waals surface area (Å²) in [6.45, 7) is 4.81. The number of nitrogens with one attached hydrogen (secondary N) is 1. The van der Waals surface area contributed by atoms with Gasteiger partial charge in [0.25, 0.3) is 0 Å². The Bertz CT molecular complexity index is 1350. The number of rotatable bonds is 5. The monoisotopic (exact) mass is 551 g/mol. The lowest BCUT2D eigenvalue weighted by molar-refractivity contribution is 0.0879. The number of nitrogens with zero attached hydrogens (tertiary/aromatic N) is 4. The van der Waals surface area contributed by atoms with Crippen molar-refractivity contribution in [2.45, 2.75) is 25.4 Å². The number of benzene rings is 3. The maximum atomic E-state index is 13.1. The first-order valence-electron chi connectivity index (χ1n) is 12.5. The Balaban J connectivity index is 0.00000168. The van der Waals surface area contributed by atoms with Crippen LogP contribution in [0.5, 0.6) is 0 Å². The predicted octanol–water partition coefficient (Wildman–Crippen LogP) is 5.37. The number of carbonyl (C=O) groups is 1. The molecule has 3 aromatic carbocycles. The Morgan fingerprint density at radius 3 is 2.26 bits per heavy atom. The molecule has 1 saturated heterocycles. The number of carbonyl (C=O) groups excluding carboxylic acids is 1. The topological polar surface area (TPSA) is 72.3 Å². The molecule has 198 valence electrons. The Morgan fingerprint density at radius 1 is 0.947 bits per heavy atom. The minimum Gasteiger partial charge on any atom is -0.448 e. The van der Waals surface area contributed by atoms with Gasteiger partial charge in [0.1, 0.15) is 12.3 Å². The van der Waals surface area contributed by atoms with Gasteiger partial charge < -0.3 is 15.0 Å². The molecular weight excluding hydrogens is 521 g/mol. The van der Waals surface area contributed by atoms with Crippen LogP contribution in [-0.2, 0) is 11.3 Å². The molecule has 1 unspecified atom stereocenters. The molecule has 38 heavy (non-hydrogen) atoms. The van der Waals surface area contributed by atoms with Crippen LogP contribution in [0.4, 0.5) is 4.79 Å². The van der Waals surface area contributed by atoms with E-state index >= 15 is 0 Å². The van der Waals surface area contributed by atoms with Gasteiger partial charge in [0.2, 0.25) is 0 Å². The third kappa shape index (κ3) is 5.27. The smallest absolute Gasteiger partial charge is 0.409 e. The zero-order valence-corrected chi connectivity index (χ0v) is 22.8. The van der Waals surface area contributed by atoms with Crippen molar-refractivity contribution < 1.29 is 9.53 Å². The average molecular weight is 553 g/mol. The standard InChI is InChI=1S/C29H29N5O2.2ClH/c1-20-28(31-32-34(20)17-21-9-3-2-4-10-21)27-18-33(16-15-30-27)29(35)36-19-26-24-13-7-5-11-22(24)23-12-6-8-14-25(23)26;;/h2-14,26-27,30H,15-19H2,1H3;2*1H. The molecule has 0 saturated carbocycles. The van der Waals surface area contributed by atoms with E-state index in [9.17, 15) is 4.79 Å². The molecule has 1 aliphatic carbocycles. The molecule has 6 rings (SSSR count). The van der Waals surface area contributed by atoms with Gasteiger partial charge in [-0.15, -0.1) is 29.9 Å².